The zero-order chi connectivity index (χ0) is 27.8. The first-order valence-corrected chi connectivity index (χ1v) is 12.8. The summed E-state index contributed by atoms with van der Waals surface area (Å²) >= 11 is 0. The molecular weight excluding hydrogens is 486 g/mol. The molecule has 38 heavy (non-hydrogen) atoms. The molecule has 3 rings (SSSR count). The van der Waals surface area contributed by atoms with Gasteiger partial charge in [-0.3, -0.25) is 19.2 Å². The molecule has 2 aromatic carbocycles. The Morgan fingerprint density at radius 3 is 2.47 bits per heavy atom. The summed E-state index contributed by atoms with van der Waals surface area (Å²) in [6, 6.07) is 7.84. The molecule has 1 aliphatic heterocycles. The van der Waals surface area contributed by atoms with Gasteiger partial charge in [0.1, 0.15) is 12.1 Å². The molecule has 2 aromatic rings. The van der Waals surface area contributed by atoms with Gasteiger partial charge >= 0.3 is 0 Å². The highest BCUT2D eigenvalue weighted by Crippen LogP contribution is 2.24. The summed E-state index contributed by atoms with van der Waals surface area (Å²) in [6.07, 6.45) is 2.25. The summed E-state index contributed by atoms with van der Waals surface area (Å²) in [6.45, 7) is 4.45. The molecule has 204 valence electrons. The van der Waals surface area contributed by atoms with Crippen LogP contribution in [0.3, 0.4) is 0 Å². The van der Waals surface area contributed by atoms with Crippen molar-refractivity contribution in [3.63, 3.8) is 0 Å². The highest BCUT2D eigenvalue weighted by atomic mass is 16.2. The Labute approximate surface area is 222 Å². The quantitative estimate of drug-likeness (QED) is 0.212. The summed E-state index contributed by atoms with van der Waals surface area (Å²) in [5, 5.41) is 11.8. The lowest BCUT2D eigenvalue weighted by atomic mass is 9.96. The number of unbranched alkanes of at least 4 members (excludes halogenated alkanes) is 1. The second-order valence-electron chi connectivity index (χ2n) is 9.57. The van der Waals surface area contributed by atoms with E-state index >= 15 is 0 Å². The Morgan fingerprint density at radius 2 is 1.79 bits per heavy atom. The molecule has 0 radical (unpaired) electrons. The number of nitrogens with two attached hydrogens (primary N) is 3. The van der Waals surface area contributed by atoms with Crippen LogP contribution in [-0.2, 0) is 16.1 Å². The average molecular weight is 524 g/mol. The minimum absolute atomic E-state index is 0.212. The molecule has 0 aliphatic carbocycles. The van der Waals surface area contributed by atoms with Crippen molar-refractivity contribution in [1.82, 2.24) is 10.6 Å². The fourth-order valence-corrected chi connectivity index (χ4v) is 4.26. The van der Waals surface area contributed by atoms with Crippen LogP contribution in [-0.4, -0.2) is 42.3 Å². The summed E-state index contributed by atoms with van der Waals surface area (Å²) in [5.74, 6) is -2.24. The molecule has 0 spiro atoms. The SMILES string of the molecule is CCC(C)C1NC(=O)c2cc(N)ccc2NCc2ccc(C(N)=O)cc2NC(=O)C(CCCCN)NC1=O. The number of benzene rings is 2. The predicted octanol–water partition coefficient (Wildman–Crippen LogP) is 1.69. The van der Waals surface area contributed by atoms with E-state index in [-0.39, 0.29) is 23.6 Å². The van der Waals surface area contributed by atoms with E-state index in [0.717, 1.165) is 0 Å². The normalized spacial score (nSPS) is 19.0. The largest absolute Gasteiger partial charge is 0.399 e. The van der Waals surface area contributed by atoms with Crippen LogP contribution in [0.5, 0.6) is 0 Å². The number of anilines is 3. The highest BCUT2D eigenvalue weighted by Gasteiger charge is 2.31. The Bertz CT molecular complexity index is 1200. The molecule has 3 unspecified atom stereocenters. The van der Waals surface area contributed by atoms with Crippen molar-refractivity contribution in [2.24, 2.45) is 17.4 Å². The maximum absolute atomic E-state index is 13.5. The highest BCUT2D eigenvalue weighted by molar-refractivity contribution is 6.04. The molecular formula is C27H37N7O4. The molecule has 0 fully saturated rings. The number of carbonyl (C=O) groups excluding carboxylic acids is 4. The smallest absolute Gasteiger partial charge is 0.254 e. The fraction of sp³-hybridized carbons (Fsp3) is 0.407. The van der Waals surface area contributed by atoms with Crippen molar-refractivity contribution in [3.05, 3.63) is 53.1 Å². The van der Waals surface area contributed by atoms with Crippen LogP contribution < -0.4 is 38.5 Å². The fourth-order valence-electron chi connectivity index (χ4n) is 4.26. The lowest BCUT2D eigenvalue weighted by Gasteiger charge is -2.28. The van der Waals surface area contributed by atoms with Gasteiger partial charge in [0.2, 0.25) is 17.7 Å². The first-order chi connectivity index (χ1) is 18.1. The van der Waals surface area contributed by atoms with Crippen molar-refractivity contribution >= 4 is 40.7 Å². The first-order valence-electron chi connectivity index (χ1n) is 12.8. The summed E-state index contributed by atoms with van der Waals surface area (Å²) in [7, 11) is 0. The molecule has 0 aromatic heterocycles. The number of nitrogen functional groups attached to an aromatic ring is 1. The lowest BCUT2D eigenvalue weighted by Crippen LogP contribution is -2.55. The van der Waals surface area contributed by atoms with Crippen molar-refractivity contribution in [2.45, 2.75) is 58.2 Å². The van der Waals surface area contributed by atoms with Crippen LogP contribution in [0.15, 0.2) is 36.4 Å². The number of rotatable bonds is 7. The molecule has 3 atom stereocenters. The van der Waals surface area contributed by atoms with Crippen molar-refractivity contribution in [2.75, 3.05) is 22.9 Å². The standard InChI is InChI=1S/C27H37N7O4/c1-3-15(2)23-27(38)32-21(6-4-5-11-28)26(37)33-22-12-16(24(30)35)7-8-17(22)14-31-20-10-9-18(29)13-19(20)25(36)34-23/h7-10,12-13,15,21,23,31H,3-6,11,14,28-29H2,1-2H3,(H2,30,35)(H,32,38)(H,33,37)(H,34,36). The summed E-state index contributed by atoms with van der Waals surface area (Å²) in [5.41, 5.74) is 19.5. The van der Waals surface area contributed by atoms with Gasteiger partial charge in [-0.05, 0) is 67.6 Å². The summed E-state index contributed by atoms with van der Waals surface area (Å²) in [4.78, 5) is 52.1. The molecule has 1 heterocycles. The van der Waals surface area contributed by atoms with Gasteiger partial charge in [-0.15, -0.1) is 0 Å². The van der Waals surface area contributed by atoms with Crippen LogP contribution >= 0.6 is 0 Å². The van der Waals surface area contributed by atoms with Gasteiger partial charge in [-0.25, -0.2) is 0 Å². The number of hydrogen-bond acceptors (Lipinski definition) is 7. The van der Waals surface area contributed by atoms with E-state index in [1.807, 2.05) is 13.8 Å². The third-order valence-corrected chi connectivity index (χ3v) is 6.77. The Morgan fingerprint density at radius 1 is 1.03 bits per heavy atom. The second kappa shape index (κ2) is 12.9. The Hall–Kier alpha value is -4.12. The second-order valence-corrected chi connectivity index (χ2v) is 9.57. The minimum atomic E-state index is -0.888. The molecule has 10 N–H and O–H groups in total. The van der Waals surface area contributed by atoms with Crippen LogP contribution in [0.4, 0.5) is 17.1 Å². The average Bonchev–Trinajstić information content (AvgIpc) is 2.89. The molecule has 4 amide bonds. The van der Waals surface area contributed by atoms with E-state index < -0.39 is 35.7 Å². The van der Waals surface area contributed by atoms with Crippen molar-refractivity contribution in [1.29, 1.82) is 0 Å². The van der Waals surface area contributed by atoms with Crippen molar-refractivity contribution in [3.8, 4) is 0 Å². The van der Waals surface area contributed by atoms with Crippen LogP contribution in [0.25, 0.3) is 0 Å². The number of fused-ring (bicyclic) bond motifs is 2. The van der Waals surface area contributed by atoms with Crippen LogP contribution in [0.2, 0.25) is 0 Å². The van der Waals surface area contributed by atoms with E-state index in [9.17, 15) is 19.2 Å². The van der Waals surface area contributed by atoms with E-state index in [0.29, 0.717) is 54.9 Å². The molecule has 11 nitrogen and oxygen atoms in total. The van der Waals surface area contributed by atoms with Gasteiger partial charge in [0.15, 0.2) is 0 Å². The van der Waals surface area contributed by atoms with Gasteiger partial charge in [0, 0.05) is 29.2 Å². The monoisotopic (exact) mass is 523 g/mol. The van der Waals surface area contributed by atoms with Gasteiger partial charge in [0.05, 0.1) is 5.56 Å². The lowest BCUT2D eigenvalue weighted by molar-refractivity contribution is -0.128. The maximum atomic E-state index is 13.5. The number of carbonyl (C=O) groups is 4. The van der Waals surface area contributed by atoms with Crippen molar-refractivity contribution < 1.29 is 19.2 Å². The number of amides is 4. The van der Waals surface area contributed by atoms with Crippen LogP contribution in [0.1, 0.15) is 65.8 Å². The topological polar surface area (TPSA) is 194 Å². The minimum Gasteiger partial charge on any atom is -0.399 e. The zero-order valence-corrected chi connectivity index (χ0v) is 21.8. The Kier molecular flexibility index (Phi) is 9.66. The molecule has 11 heteroatoms. The molecule has 1 aliphatic rings. The predicted molar refractivity (Wildman–Crippen MR) is 147 cm³/mol. The van der Waals surface area contributed by atoms with E-state index in [2.05, 4.69) is 21.3 Å². The zero-order valence-electron chi connectivity index (χ0n) is 21.8. The van der Waals surface area contributed by atoms with Gasteiger partial charge in [-0.1, -0.05) is 26.3 Å². The maximum Gasteiger partial charge on any atom is 0.254 e. The van der Waals surface area contributed by atoms with Gasteiger partial charge < -0.3 is 38.5 Å². The number of nitrogens with one attached hydrogen (secondary N) is 4. The van der Waals surface area contributed by atoms with Gasteiger partial charge in [-0.2, -0.15) is 0 Å². The Balaban J connectivity index is 2.09. The van der Waals surface area contributed by atoms with Crippen LogP contribution in [0, 0.1) is 5.92 Å². The molecule has 0 saturated carbocycles. The number of hydrogen-bond donors (Lipinski definition) is 7. The molecule has 0 bridgehead atoms. The third-order valence-electron chi connectivity index (χ3n) is 6.77. The number of primary amides is 1. The molecule has 0 saturated heterocycles. The summed E-state index contributed by atoms with van der Waals surface area (Å²) < 4.78 is 0. The van der Waals surface area contributed by atoms with E-state index in [4.69, 9.17) is 17.2 Å². The van der Waals surface area contributed by atoms with E-state index in [1.165, 1.54) is 6.07 Å². The van der Waals surface area contributed by atoms with E-state index in [1.54, 1.807) is 30.3 Å². The third kappa shape index (κ3) is 7.00. The van der Waals surface area contributed by atoms with Gasteiger partial charge in [0.25, 0.3) is 5.91 Å². The first kappa shape index (κ1) is 28.5.